The van der Waals surface area contributed by atoms with E-state index in [1.54, 1.807) is 25.1 Å². The average Bonchev–Trinajstić information content (AvgIpc) is 3.05. The van der Waals surface area contributed by atoms with Crippen LogP contribution >= 0.6 is 23.2 Å². The van der Waals surface area contributed by atoms with E-state index in [0.29, 0.717) is 33.7 Å². The number of aliphatic carboxylic acids is 1. The second-order valence-electron chi connectivity index (χ2n) is 6.01. The summed E-state index contributed by atoms with van der Waals surface area (Å²) in [6, 6.07) is 4.13. The molecule has 140 valence electrons. The number of carboxylic acid groups (broad SMARTS) is 1. The van der Waals surface area contributed by atoms with Crippen LogP contribution in [0.5, 0.6) is 0 Å². The topological polar surface area (TPSA) is 92.4 Å². The molecule has 2 aromatic rings. The molecule has 0 bridgehead atoms. The maximum absolute atomic E-state index is 12.0. The van der Waals surface area contributed by atoms with Crippen molar-refractivity contribution in [2.45, 2.75) is 39.2 Å². The van der Waals surface area contributed by atoms with Gasteiger partial charge in [0, 0.05) is 23.4 Å². The van der Waals surface area contributed by atoms with E-state index in [1.807, 2.05) is 6.92 Å². The molecule has 0 radical (unpaired) electrons. The van der Waals surface area contributed by atoms with Crippen LogP contribution in [-0.2, 0) is 16.0 Å². The second kappa shape index (κ2) is 9.05. The van der Waals surface area contributed by atoms with Crippen molar-refractivity contribution in [3.05, 3.63) is 40.3 Å². The van der Waals surface area contributed by atoms with E-state index in [0.717, 1.165) is 0 Å². The summed E-state index contributed by atoms with van der Waals surface area (Å²) < 4.78 is 5.63. The van der Waals surface area contributed by atoms with Crippen LogP contribution in [0.2, 0.25) is 10.0 Å². The minimum absolute atomic E-state index is 0.0779. The maximum atomic E-state index is 12.0. The lowest BCUT2D eigenvalue weighted by molar-refractivity contribution is -0.143. The van der Waals surface area contributed by atoms with Gasteiger partial charge in [0.1, 0.15) is 6.04 Å². The summed E-state index contributed by atoms with van der Waals surface area (Å²) >= 11 is 12.0. The largest absolute Gasteiger partial charge is 0.480 e. The summed E-state index contributed by atoms with van der Waals surface area (Å²) in [5.74, 6) is -0.705. The van der Waals surface area contributed by atoms with Crippen LogP contribution in [0, 0.1) is 5.92 Å². The molecule has 0 saturated carbocycles. The normalized spacial score (nSPS) is 13.2. The van der Waals surface area contributed by atoms with Gasteiger partial charge in [-0.25, -0.2) is 9.78 Å². The number of aromatic nitrogens is 1. The van der Waals surface area contributed by atoms with Crippen LogP contribution in [0.3, 0.4) is 0 Å². The Balaban J connectivity index is 1.97. The lowest BCUT2D eigenvalue weighted by Gasteiger charge is -2.19. The standard InChI is InChI=1S/C18H20Cl2N2O4/c1-3-10(2)17(18(24)25)22-15(23)6-7-16-21-9-14(26-16)12-5-4-11(19)8-13(12)20/h4-5,8-10,17H,3,6-7H2,1-2H3,(H,22,23)(H,24,25)/t10-,17-/m0/s1. The minimum Gasteiger partial charge on any atom is -0.480 e. The van der Waals surface area contributed by atoms with Gasteiger partial charge in [-0.2, -0.15) is 0 Å². The van der Waals surface area contributed by atoms with Gasteiger partial charge in [0.25, 0.3) is 0 Å². The molecule has 1 aromatic heterocycles. The number of carboxylic acids is 1. The van der Waals surface area contributed by atoms with Gasteiger partial charge in [0.2, 0.25) is 5.91 Å². The lowest BCUT2D eigenvalue weighted by Crippen LogP contribution is -2.45. The quantitative estimate of drug-likeness (QED) is 0.694. The van der Waals surface area contributed by atoms with Crippen molar-refractivity contribution >= 4 is 35.1 Å². The summed E-state index contributed by atoms with van der Waals surface area (Å²) in [5.41, 5.74) is 0.655. The molecule has 0 aliphatic rings. The minimum atomic E-state index is -1.04. The first-order chi connectivity index (χ1) is 12.3. The maximum Gasteiger partial charge on any atom is 0.326 e. The molecule has 2 N–H and O–H groups in total. The molecule has 8 heteroatoms. The number of halogens is 2. The smallest absolute Gasteiger partial charge is 0.326 e. The van der Waals surface area contributed by atoms with Crippen LogP contribution in [0.25, 0.3) is 11.3 Å². The van der Waals surface area contributed by atoms with Gasteiger partial charge in [-0.3, -0.25) is 4.79 Å². The van der Waals surface area contributed by atoms with Gasteiger partial charge in [-0.15, -0.1) is 0 Å². The number of aryl methyl sites for hydroxylation is 1. The molecule has 0 saturated heterocycles. The van der Waals surface area contributed by atoms with Crippen molar-refractivity contribution in [1.29, 1.82) is 0 Å². The summed E-state index contributed by atoms with van der Waals surface area (Å²) in [6.45, 7) is 3.66. The van der Waals surface area contributed by atoms with Crippen molar-refractivity contribution in [2.24, 2.45) is 5.92 Å². The van der Waals surface area contributed by atoms with Gasteiger partial charge < -0.3 is 14.8 Å². The molecule has 2 atom stereocenters. The number of nitrogens with one attached hydrogen (secondary N) is 1. The molecule has 26 heavy (non-hydrogen) atoms. The Labute approximate surface area is 161 Å². The summed E-state index contributed by atoms with van der Waals surface area (Å²) in [4.78, 5) is 27.4. The molecule has 0 spiro atoms. The fraction of sp³-hybridized carbons (Fsp3) is 0.389. The zero-order chi connectivity index (χ0) is 19.3. The van der Waals surface area contributed by atoms with Gasteiger partial charge in [0.15, 0.2) is 11.7 Å². The molecule has 0 fully saturated rings. The van der Waals surface area contributed by atoms with Crippen molar-refractivity contribution < 1.29 is 19.1 Å². The SMILES string of the molecule is CC[C@H](C)[C@H](NC(=O)CCc1ncc(-c2ccc(Cl)cc2Cl)o1)C(=O)O. The number of hydrogen-bond donors (Lipinski definition) is 2. The third-order valence-electron chi connectivity index (χ3n) is 4.11. The Kier molecular flexibility index (Phi) is 7.06. The van der Waals surface area contributed by atoms with Crippen molar-refractivity contribution in [3.8, 4) is 11.3 Å². The molecule has 1 aromatic carbocycles. The molecule has 2 rings (SSSR count). The predicted octanol–water partition coefficient (Wildman–Crippen LogP) is 4.20. The highest BCUT2D eigenvalue weighted by molar-refractivity contribution is 6.36. The fourth-order valence-corrected chi connectivity index (χ4v) is 2.89. The predicted molar refractivity (Wildman–Crippen MR) is 99.3 cm³/mol. The molecule has 6 nitrogen and oxygen atoms in total. The van der Waals surface area contributed by atoms with E-state index in [2.05, 4.69) is 10.3 Å². The number of nitrogens with zero attached hydrogens (tertiary/aromatic N) is 1. The van der Waals surface area contributed by atoms with Crippen LogP contribution in [0.15, 0.2) is 28.8 Å². The van der Waals surface area contributed by atoms with E-state index in [1.165, 1.54) is 6.20 Å². The second-order valence-corrected chi connectivity index (χ2v) is 6.86. The zero-order valence-electron chi connectivity index (χ0n) is 14.5. The Morgan fingerprint density at radius 3 is 2.69 bits per heavy atom. The van der Waals surface area contributed by atoms with Crippen molar-refractivity contribution in [1.82, 2.24) is 10.3 Å². The number of amides is 1. The lowest BCUT2D eigenvalue weighted by atomic mass is 9.99. The summed E-state index contributed by atoms with van der Waals surface area (Å²) in [5, 5.41) is 12.7. The van der Waals surface area contributed by atoms with Gasteiger partial charge >= 0.3 is 5.97 Å². The molecular weight excluding hydrogens is 379 g/mol. The van der Waals surface area contributed by atoms with Crippen LogP contribution in [0.1, 0.15) is 32.6 Å². The highest BCUT2D eigenvalue weighted by Crippen LogP contribution is 2.30. The molecule has 1 amide bonds. The van der Waals surface area contributed by atoms with Gasteiger partial charge in [-0.1, -0.05) is 43.5 Å². The molecule has 1 heterocycles. The Morgan fingerprint density at radius 2 is 2.08 bits per heavy atom. The third-order valence-corrected chi connectivity index (χ3v) is 4.66. The molecule has 0 unspecified atom stereocenters. The Bertz CT molecular complexity index is 791. The number of rotatable bonds is 8. The number of oxazole rings is 1. The highest BCUT2D eigenvalue weighted by atomic mass is 35.5. The first kappa shape index (κ1) is 20.3. The van der Waals surface area contributed by atoms with E-state index in [4.69, 9.17) is 27.6 Å². The third kappa shape index (κ3) is 5.22. The number of benzene rings is 1. The highest BCUT2D eigenvalue weighted by Gasteiger charge is 2.25. The monoisotopic (exact) mass is 398 g/mol. The molecule has 0 aliphatic heterocycles. The van der Waals surface area contributed by atoms with E-state index in [9.17, 15) is 14.7 Å². The Morgan fingerprint density at radius 1 is 1.35 bits per heavy atom. The van der Waals surface area contributed by atoms with Gasteiger partial charge in [0.05, 0.1) is 11.2 Å². The summed E-state index contributed by atoms with van der Waals surface area (Å²) in [6.07, 6.45) is 2.52. The number of carbonyl (C=O) groups excluding carboxylic acids is 1. The van der Waals surface area contributed by atoms with E-state index in [-0.39, 0.29) is 24.7 Å². The molecule has 0 aliphatic carbocycles. The molecular formula is C18H20Cl2N2O4. The van der Waals surface area contributed by atoms with E-state index >= 15 is 0 Å². The van der Waals surface area contributed by atoms with Crippen LogP contribution in [0.4, 0.5) is 0 Å². The van der Waals surface area contributed by atoms with Crippen LogP contribution < -0.4 is 5.32 Å². The number of hydrogen-bond acceptors (Lipinski definition) is 4. The zero-order valence-corrected chi connectivity index (χ0v) is 16.0. The first-order valence-electron chi connectivity index (χ1n) is 8.24. The first-order valence-corrected chi connectivity index (χ1v) is 8.99. The number of carbonyl (C=O) groups is 2. The van der Waals surface area contributed by atoms with Crippen molar-refractivity contribution in [2.75, 3.05) is 0 Å². The fourth-order valence-electron chi connectivity index (χ4n) is 2.39. The Hall–Kier alpha value is -2.05. The average molecular weight is 399 g/mol. The summed E-state index contributed by atoms with van der Waals surface area (Å²) in [7, 11) is 0. The van der Waals surface area contributed by atoms with Crippen molar-refractivity contribution in [3.63, 3.8) is 0 Å². The van der Waals surface area contributed by atoms with Crippen LogP contribution in [-0.4, -0.2) is 28.0 Å². The van der Waals surface area contributed by atoms with Gasteiger partial charge in [-0.05, 0) is 24.1 Å². The van der Waals surface area contributed by atoms with E-state index < -0.39 is 12.0 Å².